The summed E-state index contributed by atoms with van der Waals surface area (Å²) in [6.07, 6.45) is 2.50. The molecule has 1 aromatic carbocycles. The Labute approximate surface area is 150 Å². The molecule has 0 unspecified atom stereocenters. The number of aromatic nitrogens is 3. The maximum absolute atomic E-state index is 13.0. The Morgan fingerprint density at radius 3 is 2.96 bits per heavy atom. The van der Waals surface area contributed by atoms with Crippen molar-refractivity contribution >= 4 is 22.4 Å². The SMILES string of the molecule is Cc1nc(NC(=O)c2ccc3c(c2)OCO3)sc1-c1nccn1C(F)F. The van der Waals surface area contributed by atoms with Crippen molar-refractivity contribution in [3.8, 4) is 22.2 Å². The van der Waals surface area contributed by atoms with Gasteiger partial charge in [0.05, 0.1) is 10.6 Å². The van der Waals surface area contributed by atoms with Crippen LogP contribution in [0.2, 0.25) is 0 Å². The number of ether oxygens (including phenoxy) is 2. The number of thiazole rings is 1. The summed E-state index contributed by atoms with van der Waals surface area (Å²) in [5, 5.41) is 2.96. The van der Waals surface area contributed by atoms with Crippen LogP contribution in [0.25, 0.3) is 10.7 Å². The third-order valence-electron chi connectivity index (χ3n) is 3.73. The molecule has 7 nitrogen and oxygen atoms in total. The van der Waals surface area contributed by atoms with E-state index in [9.17, 15) is 13.6 Å². The lowest BCUT2D eigenvalue weighted by Gasteiger charge is -2.04. The second-order valence-corrected chi connectivity index (χ2v) is 6.39. The molecule has 3 heterocycles. The summed E-state index contributed by atoms with van der Waals surface area (Å²) < 4.78 is 37.3. The van der Waals surface area contributed by atoms with Crippen LogP contribution in [-0.2, 0) is 0 Å². The second-order valence-electron chi connectivity index (χ2n) is 5.39. The molecule has 4 rings (SSSR count). The number of hydrogen-bond acceptors (Lipinski definition) is 6. The number of carbonyl (C=O) groups is 1. The number of imidazole rings is 1. The standard InChI is InChI=1S/C16H12F2N4O3S/c1-8-12(13-19-4-5-22(13)15(17)18)26-16(20-8)21-14(23)9-2-3-10-11(6-9)25-7-24-10/h2-6,15H,7H2,1H3,(H,20,21,23). The number of benzene rings is 1. The van der Waals surface area contributed by atoms with Crippen LogP contribution in [-0.4, -0.2) is 27.2 Å². The number of anilines is 1. The first-order valence-electron chi connectivity index (χ1n) is 7.52. The fraction of sp³-hybridized carbons (Fsp3) is 0.188. The van der Waals surface area contributed by atoms with Gasteiger partial charge in [-0.1, -0.05) is 11.3 Å². The van der Waals surface area contributed by atoms with Crippen LogP contribution >= 0.6 is 11.3 Å². The normalized spacial score (nSPS) is 12.6. The molecule has 2 aromatic heterocycles. The third kappa shape index (κ3) is 2.88. The van der Waals surface area contributed by atoms with Crippen LogP contribution in [0, 0.1) is 6.92 Å². The zero-order valence-corrected chi connectivity index (χ0v) is 14.2. The van der Waals surface area contributed by atoms with E-state index in [-0.39, 0.29) is 18.5 Å². The summed E-state index contributed by atoms with van der Waals surface area (Å²) >= 11 is 1.08. The van der Waals surface area contributed by atoms with Crippen molar-refractivity contribution in [2.24, 2.45) is 0 Å². The van der Waals surface area contributed by atoms with Gasteiger partial charge < -0.3 is 9.47 Å². The summed E-state index contributed by atoms with van der Waals surface area (Å²) in [6, 6.07) is 4.82. The van der Waals surface area contributed by atoms with Crippen LogP contribution < -0.4 is 14.8 Å². The van der Waals surface area contributed by atoms with E-state index < -0.39 is 6.55 Å². The number of carbonyl (C=O) groups excluding carboxylic acids is 1. The van der Waals surface area contributed by atoms with Crippen molar-refractivity contribution in [2.75, 3.05) is 12.1 Å². The van der Waals surface area contributed by atoms with Gasteiger partial charge in [-0.2, -0.15) is 8.78 Å². The zero-order valence-electron chi connectivity index (χ0n) is 13.4. The van der Waals surface area contributed by atoms with Gasteiger partial charge in [-0.15, -0.1) is 0 Å². The van der Waals surface area contributed by atoms with E-state index in [4.69, 9.17) is 9.47 Å². The molecule has 0 saturated carbocycles. The lowest BCUT2D eigenvalue weighted by molar-refractivity contribution is 0.0720. The molecule has 1 aliphatic rings. The minimum Gasteiger partial charge on any atom is -0.454 e. The number of rotatable bonds is 4. The fourth-order valence-corrected chi connectivity index (χ4v) is 3.47. The monoisotopic (exact) mass is 378 g/mol. The molecule has 26 heavy (non-hydrogen) atoms. The topological polar surface area (TPSA) is 78.3 Å². The maximum atomic E-state index is 13.0. The average Bonchev–Trinajstić information content (AvgIpc) is 3.32. The lowest BCUT2D eigenvalue weighted by Crippen LogP contribution is -2.11. The van der Waals surface area contributed by atoms with Gasteiger partial charge in [-0.3, -0.25) is 14.7 Å². The van der Waals surface area contributed by atoms with Crippen LogP contribution in [0.15, 0.2) is 30.6 Å². The molecule has 0 atom stereocenters. The molecular formula is C16H12F2N4O3S. The number of amides is 1. The molecular weight excluding hydrogens is 366 g/mol. The average molecular weight is 378 g/mol. The summed E-state index contributed by atoms with van der Waals surface area (Å²) in [7, 11) is 0. The Balaban J connectivity index is 1.58. The largest absolute Gasteiger partial charge is 0.454 e. The Kier molecular flexibility index (Phi) is 4.03. The molecule has 0 saturated heterocycles. The van der Waals surface area contributed by atoms with Gasteiger partial charge in [0.25, 0.3) is 5.91 Å². The van der Waals surface area contributed by atoms with Gasteiger partial charge >= 0.3 is 6.55 Å². The molecule has 1 amide bonds. The van der Waals surface area contributed by atoms with E-state index in [1.165, 1.54) is 12.4 Å². The molecule has 1 N–H and O–H groups in total. The van der Waals surface area contributed by atoms with Crippen molar-refractivity contribution in [3.05, 3.63) is 41.9 Å². The number of halogens is 2. The minimum atomic E-state index is -2.71. The first-order valence-corrected chi connectivity index (χ1v) is 8.34. The first kappa shape index (κ1) is 16.5. The van der Waals surface area contributed by atoms with Crippen molar-refractivity contribution in [1.29, 1.82) is 0 Å². The third-order valence-corrected chi connectivity index (χ3v) is 4.80. The van der Waals surface area contributed by atoms with E-state index in [0.29, 0.717) is 32.8 Å². The summed E-state index contributed by atoms with van der Waals surface area (Å²) in [5.74, 6) is 0.791. The van der Waals surface area contributed by atoms with Crippen molar-refractivity contribution in [1.82, 2.24) is 14.5 Å². The van der Waals surface area contributed by atoms with Gasteiger partial charge in [0.1, 0.15) is 0 Å². The number of aryl methyl sites for hydroxylation is 1. The Bertz CT molecular complexity index is 986. The van der Waals surface area contributed by atoms with E-state index in [1.807, 2.05) is 0 Å². The summed E-state index contributed by atoms with van der Waals surface area (Å²) in [5.41, 5.74) is 0.877. The van der Waals surface area contributed by atoms with Gasteiger partial charge in [-0.25, -0.2) is 9.97 Å². The molecule has 1 aliphatic heterocycles. The van der Waals surface area contributed by atoms with Crippen LogP contribution in [0.4, 0.5) is 13.9 Å². The van der Waals surface area contributed by atoms with E-state index in [1.54, 1.807) is 25.1 Å². The molecule has 134 valence electrons. The van der Waals surface area contributed by atoms with E-state index in [0.717, 1.165) is 15.9 Å². The van der Waals surface area contributed by atoms with Gasteiger partial charge in [0.15, 0.2) is 22.5 Å². The molecule has 10 heteroatoms. The predicted molar refractivity (Wildman–Crippen MR) is 89.8 cm³/mol. The zero-order chi connectivity index (χ0) is 18.3. The second kappa shape index (κ2) is 6.37. The quantitative estimate of drug-likeness (QED) is 0.749. The summed E-state index contributed by atoms with van der Waals surface area (Å²) in [4.78, 5) is 21.1. The minimum absolute atomic E-state index is 0.110. The molecule has 0 aliphatic carbocycles. The fourth-order valence-electron chi connectivity index (χ4n) is 2.51. The highest BCUT2D eigenvalue weighted by Crippen LogP contribution is 2.35. The van der Waals surface area contributed by atoms with E-state index >= 15 is 0 Å². The highest BCUT2D eigenvalue weighted by atomic mass is 32.1. The van der Waals surface area contributed by atoms with Crippen LogP contribution in [0.1, 0.15) is 22.6 Å². The maximum Gasteiger partial charge on any atom is 0.320 e. The number of hydrogen-bond donors (Lipinski definition) is 1. The Hall–Kier alpha value is -3.01. The van der Waals surface area contributed by atoms with Crippen molar-refractivity contribution in [3.63, 3.8) is 0 Å². The number of nitrogens with one attached hydrogen (secondary N) is 1. The van der Waals surface area contributed by atoms with Crippen molar-refractivity contribution < 1.29 is 23.0 Å². The first-order chi connectivity index (χ1) is 12.5. The van der Waals surface area contributed by atoms with Gasteiger partial charge in [-0.05, 0) is 25.1 Å². The van der Waals surface area contributed by atoms with E-state index in [2.05, 4.69) is 15.3 Å². The number of fused-ring (bicyclic) bond motifs is 1. The van der Waals surface area contributed by atoms with Crippen LogP contribution in [0.5, 0.6) is 11.5 Å². The van der Waals surface area contributed by atoms with Gasteiger partial charge in [0.2, 0.25) is 6.79 Å². The number of alkyl halides is 2. The molecule has 0 spiro atoms. The highest BCUT2D eigenvalue weighted by molar-refractivity contribution is 7.19. The molecule has 0 radical (unpaired) electrons. The van der Waals surface area contributed by atoms with Crippen molar-refractivity contribution in [2.45, 2.75) is 13.5 Å². The molecule has 0 bridgehead atoms. The smallest absolute Gasteiger partial charge is 0.320 e. The lowest BCUT2D eigenvalue weighted by atomic mass is 10.2. The number of nitrogens with zero attached hydrogens (tertiary/aromatic N) is 3. The summed E-state index contributed by atoms with van der Waals surface area (Å²) in [6.45, 7) is -0.917. The molecule has 3 aromatic rings. The van der Waals surface area contributed by atoms with Gasteiger partial charge in [0, 0.05) is 18.0 Å². The Morgan fingerprint density at radius 2 is 2.15 bits per heavy atom. The predicted octanol–water partition coefficient (Wildman–Crippen LogP) is 3.69. The Morgan fingerprint density at radius 1 is 1.35 bits per heavy atom. The highest BCUT2D eigenvalue weighted by Gasteiger charge is 2.21. The van der Waals surface area contributed by atoms with Crippen LogP contribution in [0.3, 0.4) is 0 Å². The molecule has 0 fully saturated rings.